The number of ether oxygens (including phenoxy) is 1. The topological polar surface area (TPSA) is 191 Å². The number of phenolic OH excluding ortho intramolecular Hbond substituents is 1. The van der Waals surface area contributed by atoms with Crippen molar-refractivity contribution in [2.75, 3.05) is 33.7 Å². The first kappa shape index (κ1) is 28.8. The Bertz CT molecular complexity index is 1390. The van der Waals surface area contributed by atoms with Crippen LogP contribution in [0.25, 0.3) is 5.76 Å². The maximum Gasteiger partial charge on any atom is 0.307 e. The molecule has 6 atom stereocenters. The van der Waals surface area contributed by atoms with Crippen LogP contribution < -0.4 is 5.73 Å². The summed E-state index contributed by atoms with van der Waals surface area (Å²) < 4.78 is 6.03. The highest BCUT2D eigenvalue weighted by Gasteiger charge is 2.69. The van der Waals surface area contributed by atoms with E-state index in [1.807, 2.05) is 0 Å². The summed E-state index contributed by atoms with van der Waals surface area (Å²) in [5.41, 5.74) is 1.57. The SMILES string of the molecule is C[C@@H]1c2cccc(O)c2C(O)=C2C(=O)[C@@]3(O)C(O)=C(C(N)=O)C(=O)[C@H](N(C)C)[C@H]3[C@H](OC(=O)CCN3CCCC3)[C@@H]21. The Hall–Kier alpha value is -3.74. The molecule has 12 heteroatoms. The van der Waals surface area contributed by atoms with Crippen LogP contribution in [0.15, 0.2) is 35.1 Å². The first-order valence-electron chi connectivity index (χ1n) is 13.7. The van der Waals surface area contributed by atoms with Crippen molar-refractivity contribution in [2.24, 2.45) is 17.6 Å². The van der Waals surface area contributed by atoms with E-state index in [9.17, 15) is 39.6 Å². The molecule has 4 aliphatic rings. The molecular weight excluding hydrogens is 534 g/mol. The van der Waals surface area contributed by atoms with Gasteiger partial charge in [-0.3, -0.25) is 24.1 Å². The molecule has 1 heterocycles. The van der Waals surface area contributed by atoms with Crippen LogP contribution in [0, 0.1) is 11.8 Å². The van der Waals surface area contributed by atoms with Gasteiger partial charge in [0.15, 0.2) is 11.4 Å². The quantitative estimate of drug-likeness (QED) is 0.237. The first-order chi connectivity index (χ1) is 19.3. The number of phenols is 1. The molecule has 0 spiro atoms. The van der Waals surface area contributed by atoms with E-state index in [4.69, 9.17) is 10.5 Å². The molecule has 220 valence electrons. The number of esters is 1. The van der Waals surface area contributed by atoms with Crippen molar-refractivity contribution in [3.63, 3.8) is 0 Å². The zero-order chi connectivity index (χ0) is 30.0. The van der Waals surface area contributed by atoms with E-state index >= 15 is 0 Å². The molecule has 6 N–H and O–H groups in total. The maximum absolute atomic E-state index is 14.2. The molecule has 0 aromatic heterocycles. The number of Topliss-reactive ketones (excluding diaryl/α,β-unsaturated/α-hetero) is 2. The van der Waals surface area contributed by atoms with Crippen molar-refractivity contribution in [1.29, 1.82) is 0 Å². The Kier molecular flexibility index (Phi) is 7.21. The van der Waals surface area contributed by atoms with Gasteiger partial charge in [-0.05, 0) is 57.6 Å². The van der Waals surface area contributed by atoms with E-state index in [1.54, 1.807) is 19.1 Å². The van der Waals surface area contributed by atoms with Gasteiger partial charge in [0.05, 0.1) is 23.9 Å². The van der Waals surface area contributed by atoms with Gasteiger partial charge >= 0.3 is 5.97 Å². The molecule has 1 aromatic rings. The smallest absolute Gasteiger partial charge is 0.307 e. The van der Waals surface area contributed by atoms with Crippen LogP contribution in [-0.2, 0) is 23.9 Å². The predicted molar refractivity (Wildman–Crippen MR) is 145 cm³/mol. The minimum Gasteiger partial charge on any atom is -0.508 e. The summed E-state index contributed by atoms with van der Waals surface area (Å²) in [6.07, 6.45) is 0.636. The third kappa shape index (κ3) is 4.23. The highest BCUT2D eigenvalue weighted by atomic mass is 16.5. The van der Waals surface area contributed by atoms with Crippen molar-refractivity contribution in [3.05, 3.63) is 46.2 Å². The molecule has 0 bridgehead atoms. The van der Waals surface area contributed by atoms with Crippen LogP contribution in [-0.4, -0.2) is 105 Å². The summed E-state index contributed by atoms with van der Waals surface area (Å²) >= 11 is 0. The largest absolute Gasteiger partial charge is 0.508 e. The molecule has 0 radical (unpaired) electrons. The number of fused-ring (bicyclic) bond motifs is 3. The second-order valence-electron chi connectivity index (χ2n) is 11.6. The number of carbonyl (C=O) groups excluding carboxylic acids is 4. The standard InChI is InChI=1S/C29H35N3O9/c1-13-14-7-6-8-15(33)18(14)23(35)19-17(13)25(41-16(34)9-12-32-10-4-5-11-32)21-22(31(2)3)24(36)20(28(30)39)27(38)29(21,40)26(19)37/h6-8,13,17,21-22,25,33,35,38,40H,4-5,9-12H2,1-3H3,(H2,30,39)/t13-,17-,21+,22-,25-,29-/m1/s1. The number of amides is 1. The second-order valence-corrected chi connectivity index (χ2v) is 11.6. The number of nitrogens with two attached hydrogens (primary N) is 1. The third-order valence-corrected chi connectivity index (χ3v) is 9.06. The zero-order valence-corrected chi connectivity index (χ0v) is 23.2. The Morgan fingerprint density at radius 2 is 1.80 bits per heavy atom. The third-order valence-electron chi connectivity index (χ3n) is 9.06. The molecule has 12 nitrogen and oxygen atoms in total. The number of carbonyl (C=O) groups is 4. The Labute approximate surface area is 236 Å². The Morgan fingerprint density at radius 3 is 2.41 bits per heavy atom. The van der Waals surface area contributed by atoms with Crippen molar-refractivity contribution < 1.29 is 44.3 Å². The van der Waals surface area contributed by atoms with Crippen molar-refractivity contribution in [2.45, 2.75) is 49.9 Å². The second kappa shape index (κ2) is 10.3. The van der Waals surface area contributed by atoms with Gasteiger partial charge in [-0.15, -0.1) is 0 Å². The van der Waals surface area contributed by atoms with Crippen LogP contribution in [0.1, 0.15) is 43.2 Å². The molecule has 5 rings (SSSR count). The minimum atomic E-state index is -2.95. The van der Waals surface area contributed by atoms with E-state index < -0.39 is 76.0 Å². The normalized spacial score (nSPS) is 31.7. The van der Waals surface area contributed by atoms with Crippen LogP contribution in [0.3, 0.4) is 0 Å². The highest BCUT2D eigenvalue weighted by Crippen LogP contribution is 2.56. The molecular formula is C29H35N3O9. The number of nitrogens with zero attached hydrogens (tertiary/aromatic N) is 2. The van der Waals surface area contributed by atoms with E-state index in [-0.39, 0.29) is 23.3 Å². The number of likely N-dealkylation sites (tertiary alicyclic amines) is 1. The summed E-state index contributed by atoms with van der Waals surface area (Å²) in [6, 6.07) is 3.15. The minimum absolute atomic E-state index is 0.00592. The average Bonchev–Trinajstić information content (AvgIpc) is 3.42. The lowest BCUT2D eigenvalue weighted by molar-refractivity contribution is -0.185. The van der Waals surface area contributed by atoms with Gasteiger partial charge in [0.2, 0.25) is 5.78 Å². The monoisotopic (exact) mass is 569 g/mol. The van der Waals surface area contributed by atoms with Crippen molar-refractivity contribution in [1.82, 2.24) is 9.80 Å². The lowest BCUT2D eigenvalue weighted by Gasteiger charge is -2.54. The van der Waals surface area contributed by atoms with Crippen LogP contribution >= 0.6 is 0 Å². The fourth-order valence-corrected chi connectivity index (χ4v) is 7.15. The number of hydrogen-bond acceptors (Lipinski definition) is 11. The summed E-state index contributed by atoms with van der Waals surface area (Å²) in [4.78, 5) is 56.9. The summed E-state index contributed by atoms with van der Waals surface area (Å²) in [6.45, 7) is 3.84. The number of aliphatic hydroxyl groups excluding tert-OH is 2. The zero-order valence-electron chi connectivity index (χ0n) is 23.2. The van der Waals surface area contributed by atoms with Gasteiger partial charge in [0.1, 0.15) is 28.9 Å². The van der Waals surface area contributed by atoms with Crippen LogP contribution in [0.4, 0.5) is 0 Å². The number of benzene rings is 1. The molecule has 1 saturated heterocycles. The number of rotatable bonds is 6. The molecule has 1 aromatic carbocycles. The van der Waals surface area contributed by atoms with Gasteiger partial charge in [0, 0.05) is 18.0 Å². The van der Waals surface area contributed by atoms with Gasteiger partial charge in [0.25, 0.3) is 5.91 Å². The maximum atomic E-state index is 14.2. The molecule has 2 fully saturated rings. The summed E-state index contributed by atoms with van der Waals surface area (Å²) in [7, 11) is 2.97. The summed E-state index contributed by atoms with van der Waals surface area (Å²) in [5.74, 6) is -9.59. The van der Waals surface area contributed by atoms with Crippen molar-refractivity contribution >= 4 is 29.2 Å². The molecule has 1 aliphatic heterocycles. The lowest BCUT2D eigenvalue weighted by Crippen LogP contribution is -2.71. The molecule has 0 unspecified atom stereocenters. The van der Waals surface area contributed by atoms with E-state index in [1.165, 1.54) is 25.1 Å². The molecule has 41 heavy (non-hydrogen) atoms. The average molecular weight is 570 g/mol. The van der Waals surface area contributed by atoms with E-state index in [2.05, 4.69) is 4.90 Å². The number of hydrogen-bond donors (Lipinski definition) is 5. The number of likely N-dealkylation sites (N-methyl/N-ethyl adjacent to an activating group) is 1. The highest BCUT2D eigenvalue weighted by molar-refractivity contribution is 6.24. The molecule has 3 aliphatic carbocycles. The fourth-order valence-electron chi connectivity index (χ4n) is 7.15. The Morgan fingerprint density at radius 1 is 1.15 bits per heavy atom. The van der Waals surface area contributed by atoms with Gasteiger partial charge in [-0.25, -0.2) is 0 Å². The number of ketones is 2. The molecule has 1 amide bonds. The number of primary amides is 1. The van der Waals surface area contributed by atoms with E-state index in [0.29, 0.717) is 12.1 Å². The van der Waals surface area contributed by atoms with Crippen molar-refractivity contribution in [3.8, 4) is 5.75 Å². The first-order valence-corrected chi connectivity index (χ1v) is 13.7. The van der Waals surface area contributed by atoms with E-state index in [0.717, 1.165) is 25.9 Å². The number of aliphatic hydroxyl groups is 3. The van der Waals surface area contributed by atoms with Crippen LogP contribution in [0.5, 0.6) is 5.75 Å². The van der Waals surface area contributed by atoms with Gasteiger partial charge in [-0.2, -0.15) is 0 Å². The summed E-state index contributed by atoms with van der Waals surface area (Å²) in [5, 5.41) is 45.3. The predicted octanol–water partition coefficient (Wildman–Crippen LogP) is 0.533. The van der Waals surface area contributed by atoms with Crippen LogP contribution in [0.2, 0.25) is 0 Å². The number of aromatic hydroxyl groups is 1. The fraction of sp³-hybridized carbons (Fsp3) is 0.517. The van der Waals surface area contributed by atoms with Gasteiger partial charge in [-0.1, -0.05) is 19.1 Å². The molecule has 1 saturated carbocycles. The Balaban J connectivity index is 1.71. The lowest BCUT2D eigenvalue weighted by atomic mass is 9.54. The van der Waals surface area contributed by atoms with Gasteiger partial charge < -0.3 is 35.8 Å².